The van der Waals surface area contributed by atoms with Crippen molar-refractivity contribution in [3.05, 3.63) is 77.2 Å². The van der Waals surface area contributed by atoms with Gasteiger partial charge in [0.25, 0.3) is 5.91 Å². The number of carbonyl (C=O) groups is 1. The first-order valence-electron chi connectivity index (χ1n) is 11.3. The molecular weight excluding hydrogens is 480 g/mol. The molecule has 0 fully saturated rings. The van der Waals surface area contributed by atoms with Gasteiger partial charge in [0.15, 0.2) is 0 Å². The van der Waals surface area contributed by atoms with E-state index in [4.69, 9.17) is 21.1 Å². The molecule has 0 aliphatic rings. The third-order valence-electron chi connectivity index (χ3n) is 5.47. The minimum Gasteiger partial charge on any atom is -0.497 e. The number of carbonyl (C=O) groups excluding carboxylic acids is 1. The highest BCUT2D eigenvalue weighted by Crippen LogP contribution is 2.31. The van der Waals surface area contributed by atoms with E-state index in [1.807, 2.05) is 49.0 Å². The molecule has 1 amide bonds. The average molecular weight is 507 g/mol. The van der Waals surface area contributed by atoms with Gasteiger partial charge in [-0.1, -0.05) is 23.7 Å². The molecular formula is C26H27ClN6O3. The predicted octanol–water partition coefficient (Wildman–Crippen LogP) is 5.27. The van der Waals surface area contributed by atoms with Crippen LogP contribution in [0.3, 0.4) is 0 Å². The highest BCUT2D eigenvalue weighted by molar-refractivity contribution is 6.32. The number of rotatable bonds is 9. The number of hydrogen-bond donors (Lipinski definition) is 2. The molecule has 0 aliphatic heterocycles. The van der Waals surface area contributed by atoms with E-state index < -0.39 is 0 Å². The van der Waals surface area contributed by atoms with Gasteiger partial charge in [0, 0.05) is 29.9 Å². The maximum atomic E-state index is 12.7. The van der Waals surface area contributed by atoms with Crippen molar-refractivity contribution in [1.29, 1.82) is 0 Å². The number of anilines is 2. The summed E-state index contributed by atoms with van der Waals surface area (Å²) in [4.78, 5) is 21.6. The molecule has 9 nitrogen and oxygen atoms in total. The van der Waals surface area contributed by atoms with Crippen LogP contribution in [-0.4, -0.2) is 39.9 Å². The Hall–Kier alpha value is -4.11. The molecule has 0 atom stereocenters. The van der Waals surface area contributed by atoms with Gasteiger partial charge >= 0.3 is 0 Å². The minimum atomic E-state index is -0.220. The molecule has 2 heterocycles. The normalized spacial score (nSPS) is 10.8. The standard InChI is InChI=1S/C26H27ClN6O3/c1-16(2)33-15-19(13-30-33)24-21(27)14-29-26(32-24)31-22-10-7-18(11-23(22)36-4)25(34)28-12-17-5-8-20(35-3)9-6-17/h5-11,13-16H,12H2,1-4H3,(H,28,34)(H,29,31,32). The van der Waals surface area contributed by atoms with E-state index in [1.54, 1.807) is 31.5 Å². The summed E-state index contributed by atoms with van der Waals surface area (Å²) in [6.07, 6.45) is 5.15. The molecule has 2 N–H and O–H groups in total. The number of ether oxygens (including phenoxy) is 2. The van der Waals surface area contributed by atoms with E-state index in [9.17, 15) is 4.79 Å². The summed E-state index contributed by atoms with van der Waals surface area (Å²) in [5.74, 6) is 1.35. The summed E-state index contributed by atoms with van der Waals surface area (Å²) >= 11 is 6.36. The fraction of sp³-hybridized carbons (Fsp3) is 0.231. The monoisotopic (exact) mass is 506 g/mol. The Balaban J connectivity index is 1.48. The van der Waals surface area contributed by atoms with E-state index >= 15 is 0 Å². The molecule has 0 saturated carbocycles. The van der Waals surface area contributed by atoms with E-state index in [2.05, 4.69) is 25.7 Å². The van der Waals surface area contributed by atoms with Crippen LogP contribution in [-0.2, 0) is 6.54 Å². The number of methoxy groups -OCH3 is 2. The third-order valence-corrected chi connectivity index (χ3v) is 5.75. The predicted molar refractivity (Wildman–Crippen MR) is 139 cm³/mol. The SMILES string of the molecule is COc1ccc(CNC(=O)c2ccc(Nc3ncc(Cl)c(-c4cnn(C(C)C)c4)n3)c(OC)c2)cc1. The quantitative estimate of drug-likeness (QED) is 0.319. The fourth-order valence-corrected chi connectivity index (χ4v) is 3.66. The van der Waals surface area contributed by atoms with Gasteiger partial charge in [-0.15, -0.1) is 0 Å². The summed E-state index contributed by atoms with van der Waals surface area (Å²) in [6, 6.07) is 12.8. The van der Waals surface area contributed by atoms with E-state index in [0.29, 0.717) is 40.2 Å². The Morgan fingerprint density at radius 2 is 1.86 bits per heavy atom. The van der Waals surface area contributed by atoms with Crippen molar-refractivity contribution in [3.63, 3.8) is 0 Å². The zero-order chi connectivity index (χ0) is 25.7. The van der Waals surface area contributed by atoms with E-state index in [1.165, 1.54) is 13.3 Å². The van der Waals surface area contributed by atoms with Gasteiger partial charge in [0.05, 0.1) is 43.0 Å². The van der Waals surface area contributed by atoms with Gasteiger partial charge in [-0.05, 0) is 49.7 Å². The number of benzene rings is 2. The number of hydrogen-bond acceptors (Lipinski definition) is 7. The largest absolute Gasteiger partial charge is 0.497 e. The summed E-state index contributed by atoms with van der Waals surface area (Å²) in [7, 11) is 3.15. The number of aromatic nitrogens is 4. The first kappa shape index (κ1) is 25.0. The van der Waals surface area contributed by atoms with Crippen LogP contribution in [0.15, 0.2) is 61.1 Å². The highest BCUT2D eigenvalue weighted by atomic mass is 35.5. The molecule has 186 valence electrons. The summed E-state index contributed by atoms with van der Waals surface area (Å²) in [5.41, 5.74) is 3.38. The van der Waals surface area contributed by atoms with Gasteiger partial charge in [0.2, 0.25) is 5.95 Å². The second-order valence-corrected chi connectivity index (χ2v) is 8.67. The topological polar surface area (TPSA) is 103 Å². The van der Waals surface area contributed by atoms with Crippen molar-refractivity contribution in [1.82, 2.24) is 25.1 Å². The summed E-state index contributed by atoms with van der Waals surface area (Å²) < 4.78 is 12.5. The highest BCUT2D eigenvalue weighted by Gasteiger charge is 2.14. The molecule has 4 aromatic rings. The maximum absolute atomic E-state index is 12.7. The lowest BCUT2D eigenvalue weighted by Gasteiger charge is -2.13. The van der Waals surface area contributed by atoms with E-state index in [0.717, 1.165) is 16.9 Å². The van der Waals surface area contributed by atoms with Gasteiger partial charge in [-0.3, -0.25) is 9.48 Å². The van der Waals surface area contributed by atoms with Crippen molar-refractivity contribution in [2.75, 3.05) is 19.5 Å². The average Bonchev–Trinajstić information content (AvgIpc) is 3.39. The summed E-state index contributed by atoms with van der Waals surface area (Å²) in [5, 5.41) is 10.8. The Labute approximate surface area is 214 Å². The molecule has 0 saturated heterocycles. The van der Waals surface area contributed by atoms with Gasteiger partial charge in [-0.2, -0.15) is 5.10 Å². The van der Waals surface area contributed by atoms with E-state index in [-0.39, 0.29) is 11.9 Å². The van der Waals surface area contributed by atoms with Crippen molar-refractivity contribution in [2.24, 2.45) is 0 Å². The Morgan fingerprint density at radius 3 is 2.53 bits per heavy atom. The minimum absolute atomic E-state index is 0.216. The molecule has 36 heavy (non-hydrogen) atoms. The van der Waals surface area contributed by atoms with Crippen molar-refractivity contribution in [3.8, 4) is 22.8 Å². The first-order valence-corrected chi connectivity index (χ1v) is 11.7. The Morgan fingerprint density at radius 1 is 1.08 bits per heavy atom. The van der Waals surface area contributed by atoms with Crippen LogP contribution in [0.5, 0.6) is 11.5 Å². The van der Waals surface area contributed by atoms with Gasteiger partial charge in [0.1, 0.15) is 11.5 Å². The molecule has 10 heteroatoms. The second kappa shape index (κ2) is 11.1. The van der Waals surface area contributed by atoms with Gasteiger partial charge in [-0.25, -0.2) is 9.97 Å². The van der Waals surface area contributed by atoms with Crippen LogP contribution in [0.25, 0.3) is 11.3 Å². The number of halogens is 1. The Kier molecular flexibility index (Phi) is 7.70. The van der Waals surface area contributed by atoms with Crippen molar-refractivity contribution >= 4 is 29.1 Å². The van der Waals surface area contributed by atoms with Crippen LogP contribution in [0.4, 0.5) is 11.6 Å². The maximum Gasteiger partial charge on any atom is 0.251 e. The molecule has 0 unspecified atom stereocenters. The molecule has 0 bridgehead atoms. The van der Waals surface area contributed by atoms with Crippen LogP contribution >= 0.6 is 11.6 Å². The molecule has 0 radical (unpaired) electrons. The third kappa shape index (κ3) is 5.75. The first-order chi connectivity index (χ1) is 17.4. The molecule has 0 spiro atoms. The number of nitrogens with one attached hydrogen (secondary N) is 2. The number of nitrogens with zero attached hydrogens (tertiary/aromatic N) is 4. The summed E-state index contributed by atoms with van der Waals surface area (Å²) in [6.45, 7) is 4.47. The van der Waals surface area contributed by atoms with Crippen molar-refractivity contribution in [2.45, 2.75) is 26.4 Å². The Bertz CT molecular complexity index is 1350. The van der Waals surface area contributed by atoms with Crippen LogP contribution < -0.4 is 20.1 Å². The second-order valence-electron chi connectivity index (χ2n) is 8.26. The molecule has 2 aromatic carbocycles. The zero-order valence-corrected chi connectivity index (χ0v) is 21.2. The van der Waals surface area contributed by atoms with Crippen LogP contribution in [0.2, 0.25) is 5.02 Å². The number of amides is 1. The van der Waals surface area contributed by atoms with Crippen LogP contribution in [0.1, 0.15) is 35.8 Å². The lowest BCUT2D eigenvalue weighted by molar-refractivity contribution is 0.0950. The lowest BCUT2D eigenvalue weighted by Crippen LogP contribution is -2.22. The van der Waals surface area contributed by atoms with Crippen molar-refractivity contribution < 1.29 is 14.3 Å². The lowest BCUT2D eigenvalue weighted by atomic mass is 10.1. The molecule has 2 aromatic heterocycles. The smallest absolute Gasteiger partial charge is 0.251 e. The fourth-order valence-electron chi connectivity index (χ4n) is 3.46. The molecule has 4 rings (SSSR count). The zero-order valence-electron chi connectivity index (χ0n) is 20.4. The van der Waals surface area contributed by atoms with Crippen LogP contribution in [0, 0.1) is 0 Å². The van der Waals surface area contributed by atoms with Gasteiger partial charge < -0.3 is 20.1 Å². The molecule has 0 aliphatic carbocycles.